The van der Waals surface area contributed by atoms with Crippen LogP contribution in [0, 0.1) is 50.9 Å². The highest BCUT2D eigenvalue weighted by Gasteiger charge is 2.46. The lowest BCUT2D eigenvalue weighted by Gasteiger charge is -2.42. The highest BCUT2D eigenvalue weighted by Crippen LogP contribution is 2.48. The molecule has 22 rings (SSSR count). The van der Waals surface area contributed by atoms with E-state index in [-0.39, 0.29) is 16.5 Å². The van der Waals surface area contributed by atoms with Gasteiger partial charge in [-0.25, -0.2) is 49.8 Å². The number of pyridine rings is 4. The number of benzene rings is 1. The first-order valence-corrected chi connectivity index (χ1v) is 48.2. The summed E-state index contributed by atoms with van der Waals surface area (Å²) >= 11 is 32.2. The SMILES string of the molecule is Cc1cccc(C2=NCc3nc(N4CCC(C)(N)CC4)cnc32)c1Cl.Cc1nccc(C2=NCc3nc(N4CCC(C)(CN)CC4)cnc32)c1Cl.Cc1nccc(C2=NCc3nc(N4CCC(C)(N)CC4)cnc32)c1Cl.Cc1nccc(C2=NCc3nc(N4CCC5(CCC[C@H]5N)CC4)cnc32)c1Cl.Cc1nccc(C2=NCc3nc(N4CCC5(CCC[C@H]5N)CC4)cnc32)c1Cl. The second kappa shape index (κ2) is 38.3. The molecule has 0 unspecified atom stereocenters. The molecule has 19 heterocycles. The molecule has 9 aromatic heterocycles. The van der Waals surface area contributed by atoms with Crippen molar-refractivity contribution in [3.63, 3.8) is 0 Å². The first-order valence-electron chi connectivity index (χ1n) is 46.3. The van der Waals surface area contributed by atoms with Gasteiger partial charge in [-0.05, 0) is 191 Å². The number of aryl methyl sites for hydroxylation is 5. The third-order valence-electron chi connectivity index (χ3n) is 29.3. The second-order valence-corrected chi connectivity index (χ2v) is 40.3. The fourth-order valence-corrected chi connectivity index (χ4v) is 21.3. The smallest absolute Gasteiger partial charge is 0.147 e. The van der Waals surface area contributed by atoms with Crippen LogP contribution in [0.1, 0.15) is 237 Å². The number of aliphatic imine (C=N–C) groups is 5. The van der Waals surface area contributed by atoms with E-state index < -0.39 is 0 Å². The standard InChI is InChI=1S/2C21H25ClN6.C19H23ClN6.C19H22ClN5.C18H21ClN6/c2*1-13-18(22)14(4-8-24-13)19-20-15(11-25-19)27-17(12-26-20)28-9-6-21(7-10-28)5-2-3-16(21)23;1-12-16(20)13(3-6-22-12)17-18-14(9-23-17)25-15(10-24-18)26-7-4-19(2,11-21)5-8-26;1-12-4-3-5-13(16(12)20)17-18-14(10-22-17)24-15(11-23-18)25-8-6-19(2,21)7-9-25;1-11-15(19)12(3-6-21-11)16-17-13(9-22-16)24-14(10-23-17)25-7-4-18(2,20)5-8-25/h2*4,8,12,16H,2-3,5-7,9-11,23H2,1H3;3,6,10H,4-5,7-9,11,21H2,1-2H3;3-5,11H,6-10,21H2,1-2H3;3,6,10H,4-5,7-9,20H2,1-2H3/t2*16-;;;/m11.../s1. The summed E-state index contributed by atoms with van der Waals surface area (Å²) in [6, 6.07) is 14.3. The van der Waals surface area contributed by atoms with E-state index in [1.165, 1.54) is 38.5 Å². The number of nitrogens with two attached hydrogens (primary N) is 5. The summed E-state index contributed by atoms with van der Waals surface area (Å²) < 4.78 is 0. The molecule has 0 amide bonds. The summed E-state index contributed by atoms with van der Waals surface area (Å²) in [7, 11) is 0. The number of anilines is 5. The maximum atomic E-state index is 6.47. The highest BCUT2D eigenvalue weighted by molar-refractivity contribution is 6.38. The lowest BCUT2D eigenvalue weighted by atomic mass is 9.74. The third kappa shape index (κ3) is 18.9. The maximum absolute atomic E-state index is 6.47. The van der Waals surface area contributed by atoms with Gasteiger partial charge in [-0.1, -0.05) is 96.0 Å². The fraction of sp³-hybridized carbons (Fsp3) is 0.480. The molecule has 5 saturated heterocycles. The molecule has 0 bridgehead atoms. The predicted molar refractivity (Wildman–Crippen MR) is 527 cm³/mol. The van der Waals surface area contributed by atoms with Gasteiger partial charge in [-0.15, -0.1) is 0 Å². The third-order valence-corrected chi connectivity index (χ3v) is 31.7. The molecule has 10 aromatic rings. The topological polar surface area (TPSA) is 389 Å². The van der Waals surface area contributed by atoms with E-state index in [1.807, 2.05) is 108 Å². The zero-order chi connectivity index (χ0) is 92.1. The van der Waals surface area contributed by atoms with Crippen molar-refractivity contribution in [2.24, 2.45) is 69.9 Å². The normalized spacial score (nSPS) is 20.7. The van der Waals surface area contributed by atoms with Gasteiger partial charge in [-0.3, -0.25) is 44.9 Å². The molecule has 2 spiro atoms. The van der Waals surface area contributed by atoms with Crippen LogP contribution < -0.4 is 53.2 Å². The number of rotatable bonds is 11. The van der Waals surface area contributed by atoms with E-state index in [0.717, 1.165) is 312 Å². The largest absolute Gasteiger partial charge is 0.355 e. The molecule has 2 saturated carbocycles. The Balaban J connectivity index is 0.000000111. The van der Waals surface area contributed by atoms with Crippen molar-refractivity contribution in [2.45, 2.75) is 214 Å². The number of hydrogen-bond acceptors (Lipinski definition) is 29. The summed E-state index contributed by atoms with van der Waals surface area (Å²) in [6.45, 7) is 29.1. The van der Waals surface area contributed by atoms with Crippen LogP contribution in [0.2, 0.25) is 25.1 Å². The first kappa shape index (κ1) is 92.3. The molecular weight excluding hydrogens is 1760 g/mol. The van der Waals surface area contributed by atoms with Gasteiger partial charge >= 0.3 is 0 Å². The zero-order valence-electron chi connectivity index (χ0n) is 76.5. The lowest BCUT2D eigenvalue weighted by Crippen LogP contribution is -2.48. The minimum atomic E-state index is -0.0765. The molecule has 1 aromatic carbocycles. The summed E-state index contributed by atoms with van der Waals surface area (Å²) in [5, 5.41) is 3.25. The van der Waals surface area contributed by atoms with Gasteiger partial charge in [0.25, 0.3) is 0 Å². The van der Waals surface area contributed by atoms with Crippen molar-refractivity contribution in [2.75, 3.05) is 96.5 Å². The number of fused-ring (bicyclic) bond motifs is 5. The van der Waals surface area contributed by atoms with E-state index in [9.17, 15) is 0 Å². The minimum Gasteiger partial charge on any atom is -0.355 e. The Bertz CT molecular complexity index is 5890. The van der Waals surface area contributed by atoms with Gasteiger partial charge in [-0.2, -0.15) is 0 Å². The molecule has 7 fully saturated rings. The van der Waals surface area contributed by atoms with E-state index in [4.69, 9.17) is 122 Å². The first-order chi connectivity index (χ1) is 63.5. The summed E-state index contributed by atoms with van der Waals surface area (Å²) in [5.41, 5.74) is 53.5. The van der Waals surface area contributed by atoms with Crippen LogP contribution in [0.15, 0.2) is 123 Å². The van der Waals surface area contributed by atoms with E-state index in [1.54, 1.807) is 24.8 Å². The van der Waals surface area contributed by atoms with Gasteiger partial charge < -0.3 is 53.2 Å². The lowest BCUT2D eigenvalue weighted by molar-refractivity contribution is 0.197. The van der Waals surface area contributed by atoms with E-state index >= 15 is 0 Å². The van der Waals surface area contributed by atoms with Crippen molar-refractivity contribution in [1.29, 1.82) is 0 Å². The minimum absolute atomic E-state index is 0.0706. The van der Waals surface area contributed by atoms with Crippen molar-refractivity contribution in [1.82, 2.24) is 69.8 Å². The van der Waals surface area contributed by atoms with Crippen LogP contribution in [-0.4, -0.2) is 193 Å². The Kier molecular flexibility index (Phi) is 26.8. The highest BCUT2D eigenvalue weighted by atomic mass is 35.5. The van der Waals surface area contributed by atoms with Crippen LogP contribution in [0.4, 0.5) is 29.1 Å². The van der Waals surface area contributed by atoms with Crippen LogP contribution in [-0.2, 0) is 32.7 Å². The number of piperidine rings is 5. The molecule has 2 aliphatic carbocycles. The molecular formula is C98H116Cl5N29. The number of nitrogens with zero attached hydrogens (tertiary/aromatic N) is 24. The van der Waals surface area contributed by atoms with Crippen molar-refractivity contribution >= 4 is 116 Å². The fourth-order valence-electron chi connectivity index (χ4n) is 20.3. The molecule has 2 atom stereocenters. The average Bonchev–Trinajstić information content (AvgIpc) is 1.59. The van der Waals surface area contributed by atoms with E-state index in [2.05, 4.69) is 105 Å². The van der Waals surface area contributed by atoms with Crippen molar-refractivity contribution in [3.05, 3.63) is 236 Å². The number of hydrogen-bond donors (Lipinski definition) is 5. The van der Waals surface area contributed by atoms with Crippen LogP contribution in [0.25, 0.3) is 0 Å². The van der Waals surface area contributed by atoms with Gasteiger partial charge in [0.2, 0.25) is 0 Å². The van der Waals surface area contributed by atoms with Crippen molar-refractivity contribution < 1.29 is 0 Å². The molecule has 688 valence electrons. The number of aromatic nitrogens is 14. The average molecular weight is 1880 g/mol. The van der Waals surface area contributed by atoms with Gasteiger partial charge in [0.15, 0.2) is 0 Å². The Morgan fingerprint density at radius 2 is 0.576 bits per heavy atom. The van der Waals surface area contributed by atoms with Crippen molar-refractivity contribution in [3.8, 4) is 0 Å². The van der Waals surface area contributed by atoms with Crippen LogP contribution >= 0.6 is 58.0 Å². The Morgan fingerprint density at radius 1 is 0.326 bits per heavy atom. The Morgan fingerprint density at radius 3 is 0.826 bits per heavy atom. The summed E-state index contributed by atoms with van der Waals surface area (Å²) in [5.74, 6) is 4.65. The van der Waals surface area contributed by atoms with Gasteiger partial charge in [0.1, 0.15) is 57.6 Å². The molecule has 12 aliphatic rings. The summed E-state index contributed by atoms with van der Waals surface area (Å²) in [6.07, 6.45) is 34.4. The quantitative estimate of drug-likeness (QED) is 0.0803. The van der Waals surface area contributed by atoms with Crippen LogP contribution in [0.3, 0.4) is 0 Å². The monoisotopic (exact) mass is 1870 g/mol. The molecule has 0 radical (unpaired) electrons. The van der Waals surface area contributed by atoms with E-state index in [0.29, 0.717) is 75.7 Å². The Labute approximate surface area is 796 Å². The summed E-state index contributed by atoms with van der Waals surface area (Å²) in [4.78, 5) is 99.4. The molecule has 132 heavy (non-hydrogen) atoms. The van der Waals surface area contributed by atoms with Gasteiger partial charge in [0.05, 0.1) is 169 Å². The number of halogens is 5. The zero-order valence-corrected chi connectivity index (χ0v) is 80.3. The molecule has 10 N–H and O–H groups in total. The molecule has 10 aliphatic heterocycles. The molecule has 34 heteroatoms. The predicted octanol–water partition coefficient (Wildman–Crippen LogP) is 14.9. The molecule has 29 nitrogen and oxygen atoms in total. The van der Waals surface area contributed by atoms with Gasteiger partial charge in [0, 0.05) is 141 Å². The maximum Gasteiger partial charge on any atom is 0.147 e. The Hall–Kier alpha value is -10.2. The second-order valence-electron chi connectivity index (χ2n) is 38.4. The van der Waals surface area contributed by atoms with Crippen LogP contribution in [0.5, 0.6) is 0 Å².